The van der Waals surface area contributed by atoms with E-state index in [1.54, 1.807) is 6.07 Å². The van der Waals surface area contributed by atoms with E-state index in [0.29, 0.717) is 0 Å². The number of allylic oxidation sites excluding steroid dienone is 4. The molecule has 0 fully saturated rings. The van der Waals surface area contributed by atoms with Gasteiger partial charge in [-0.1, -0.05) is 0 Å². The molecule has 12 heavy (non-hydrogen) atoms. The molecule has 0 atom stereocenters. The van der Waals surface area contributed by atoms with Crippen LogP contribution in [0.25, 0.3) is 0 Å². The quantitative estimate of drug-likeness (QED) is 0.368. The molecule has 0 aliphatic heterocycles. The molecule has 0 N–H and O–H groups in total. The van der Waals surface area contributed by atoms with Crippen molar-refractivity contribution in [3.8, 4) is 12.1 Å². The highest BCUT2D eigenvalue weighted by Crippen LogP contribution is 2.11. The average molecular weight is 158 g/mol. The Labute approximate surface area is 68.0 Å². The average Bonchev–Trinajstić information content (AvgIpc) is 2.09. The third-order valence-electron chi connectivity index (χ3n) is 1.35. The summed E-state index contributed by atoms with van der Waals surface area (Å²) in [6.07, 6.45) is 2.16. The van der Waals surface area contributed by atoms with Crippen molar-refractivity contribution in [3.05, 3.63) is 23.3 Å². The minimum absolute atomic E-state index is 0.0536. The molecule has 1 aliphatic rings. The Morgan fingerprint density at radius 2 is 1.75 bits per heavy atom. The molecular weight excluding hydrogens is 156 g/mol. The number of nitrogens with zero attached hydrogens (tertiary/aromatic N) is 2. The van der Waals surface area contributed by atoms with Gasteiger partial charge < -0.3 is 0 Å². The van der Waals surface area contributed by atoms with E-state index < -0.39 is 11.6 Å². The molecule has 1 rings (SSSR count). The summed E-state index contributed by atoms with van der Waals surface area (Å²) in [5.74, 6) is -1.66. The van der Waals surface area contributed by atoms with Gasteiger partial charge in [0.1, 0.15) is 17.7 Å². The van der Waals surface area contributed by atoms with E-state index in [0.717, 1.165) is 6.08 Å². The van der Waals surface area contributed by atoms with Crippen LogP contribution in [0.4, 0.5) is 0 Å². The van der Waals surface area contributed by atoms with Crippen molar-refractivity contribution in [3.63, 3.8) is 0 Å². The Bertz CT molecular complexity index is 402. The van der Waals surface area contributed by atoms with Crippen LogP contribution in [-0.4, -0.2) is 11.6 Å². The number of hydrogen-bond donors (Lipinski definition) is 0. The van der Waals surface area contributed by atoms with Crippen molar-refractivity contribution in [2.24, 2.45) is 0 Å². The molecular formula is C8H2N2O2. The van der Waals surface area contributed by atoms with Gasteiger partial charge in [-0.3, -0.25) is 9.59 Å². The molecule has 0 heterocycles. The topological polar surface area (TPSA) is 81.7 Å². The molecule has 0 aromatic carbocycles. The zero-order chi connectivity index (χ0) is 9.14. The maximum absolute atomic E-state index is 10.9. The van der Waals surface area contributed by atoms with Crippen LogP contribution in [0.2, 0.25) is 0 Å². The molecule has 4 heteroatoms. The SMILES string of the molecule is N#CC1=C(C#N)C(=O)C(=O)C=C1. The Morgan fingerprint density at radius 1 is 1.08 bits per heavy atom. The predicted octanol–water partition coefficient (Wildman–Crippen LogP) is 0.0382. The molecule has 4 nitrogen and oxygen atoms in total. The normalized spacial score (nSPS) is 15.8. The first-order chi connectivity index (χ1) is 5.70. The summed E-state index contributed by atoms with van der Waals surface area (Å²) in [6.45, 7) is 0. The highest BCUT2D eigenvalue weighted by atomic mass is 16.2. The molecule has 0 bridgehead atoms. The summed E-state index contributed by atoms with van der Waals surface area (Å²) in [5.41, 5.74) is -0.424. The van der Waals surface area contributed by atoms with Gasteiger partial charge in [0.15, 0.2) is 0 Å². The van der Waals surface area contributed by atoms with Crippen LogP contribution >= 0.6 is 0 Å². The van der Waals surface area contributed by atoms with E-state index in [9.17, 15) is 9.59 Å². The summed E-state index contributed by atoms with van der Waals surface area (Å²) in [7, 11) is 0. The summed E-state index contributed by atoms with van der Waals surface area (Å²) < 4.78 is 0. The first kappa shape index (κ1) is 7.90. The van der Waals surface area contributed by atoms with Crippen LogP contribution in [0, 0.1) is 22.7 Å². The van der Waals surface area contributed by atoms with E-state index in [2.05, 4.69) is 0 Å². The second-order valence-electron chi connectivity index (χ2n) is 2.04. The van der Waals surface area contributed by atoms with Crippen molar-refractivity contribution < 1.29 is 9.59 Å². The molecule has 0 unspecified atom stereocenters. The minimum atomic E-state index is -0.906. The second-order valence-corrected chi connectivity index (χ2v) is 2.04. The first-order valence-electron chi connectivity index (χ1n) is 3.02. The van der Waals surface area contributed by atoms with Gasteiger partial charge in [0.05, 0.1) is 5.57 Å². The monoisotopic (exact) mass is 158 g/mol. The summed E-state index contributed by atoms with van der Waals surface area (Å²) >= 11 is 0. The standard InChI is InChI=1S/C8H2N2O2/c9-3-5-1-2-7(11)8(12)6(5)4-10/h1-2H. The van der Waals surface area contributed by atoms with Crippen molar-refractivity contribution >= 4 is 11.6 Å². The Balaban J connectivity index is 3.32. The van der Waals surface area contributed by atoms with Crippen LogP contribution in [-0.2, 0) is 9.59 Å². The third-order valence-corrected chi connectivity index (χ3v) is 1.35. The Hall–Kier alpha value is -2.20. The predicted molar refractivity (Wildman–Crippen MR) is 37.4 cm³/mol. The van der Waals surface area contributed by atoms with Gasteiger partial charge in [0.2, 0.25) is 11.6 Å². The molecule has 0 spiro atoms. The fourth-order valence-electron chi connectivity index (χ4n) is 0.768. The van der Waals surface area contributed by atoms with E-state index in [1.807, 2.05) is 0 Å². The lowest BCUT2D eigenvalue weighted by Crippen LogP contribution is -2.17. The fraction of sp³-hybridized carbons (Fsp3) is 0. The molecule has 0 amide bonds. The van der Waals surface area contributed by atoms with Gasteiger partial charge in [-0.2, -0.15) is 10.5 Å². The minimum Gasteiger partial charge on any atom is -0.286 e. The fourth-order valence-corrected chi connectivity index (χ4v) is 0.768. The highest BCUT2D eigenvalue weighted by molar-refractivity contribution is 6.49. The van der Waals surface area contributed by atoms with Gasteiger partial charge in [-0.25, -0.2) is 0 Å². The maximum atomic E-state index is 10.9. The molecule has 56 valence electrons. The van der Waals surface area contributed by atoms with E-state index in [1.165, 1.54) is 12.1 Å². The summed E-state index contributed by atoms with van der Waals surface area (Å²) in [5, 5.41) is 16.8. The second kappa shape index (κ2) is 2.81. The lowest BCUT2D eigenvalue weighted by atomic mass is 9.97. The third kappa shape index (κ3) is 1.02. The van der Waals surface area contributed by atoms with Crippen LogP contribution < -0.4 is 0 Å². The lowest BCUT2D eigenvalue weighted by molar-refractivity contribution is -0.131. The largest absolute Gasteiger partial charge is 0.286 e. The molecule has 0 saturated carbocycles. The van der Waals surface area contributed by atoms with E-state index >= 15 is 0 Å². The van der Waals surface area contributed by atoms with E-state index in [4.69, 9.17) is 10.5 Å². The molecule has 0 aromatic heterocycles. The van der Waals surface area contributed by atoms with Crippen molar-refractivity contribution in [2.75, 3.05) is 0 Å². The highest BCUT2D eigenvalue weighted by Gasteiger charge is 2.23. The molecule has 0 radical (unpaired) electrons. The number of rotatable bonds is 0. The Kier molecular flexibility index (Phi) is 1.85. The van der Waals surface area contributed by atoms with Crippen molar-refractivity contribution in [1.29, 1.82) is 10.5 Å². The van der Waals surface area contributed by atoms with Crippen molar-refractivity contribution in [1.82, 2.24) is 0 Å². The molecule has 0 aromatic rings. The number of Topliss-reactive ketones (excluding diaryl/α,β-unsaturated/α-hetero) is 1. The Morgan fingerprint density at radius 3 is 2.25 bits per heavy atom. The zero-order valence-corrected chi connectivity index (χ0v) is 5.87. The van der Waals surface area contributed by atoms with Gasteiger partial charge in [-0.15, -0.1) is 0 Å². The van der Waals surface area contributed by atoms with Crippen LogP contribution in [0.15, 0.2) is 23.3 Å². The lowest BCUT2D eigenvalue weighted by Gasteiger charge is -1.99. The first-order valence-corrected chi connectivity index (χ1v) is 3.02. The summed E-state index contributed by atoms with van der Waals surface area (Å²) in [6, 6.07) is 3.17. The van der Waals surface area contributed by atoms with Gasteiger partial charge in [0.25, 0.3) is 0 Å². The maximum Gasteiger partial charge on any atom is 0.244 e. The van der Waals surface area contributed by atoms with Crippen LogP contribution in [0.1, 0.15) is 0 Å². The molecule has 1 aliphatic carbocycles. The molecule has 0 saturated heterocycles. The number of hydrogen-bond acceptors (Lipinski definition) is 4. The van der Waals surface area contributed by atoms with E-state index in [-0.39, 0.29) is 11.1 Å². The van der Waals surface area contributed by atoms with Crippen molar-refractivity contribution in [2.45, 2.75) is 0 Å². The van der Waals surface area contributed by atoms with Crippen LogP contribution in [0.3, 0.4) is 0 Å². The number of carbonyl (C=O) groups is 2. The number of carbonyl (C=O) groups excluding carboxylic acids is 2. The van der Waals surface area contributed by atoms with Gasteiger partial charge in [0, 0.05) is 0 Å². The van der Waals surface area contributed by atoms with Gasteiger partial charge >= 0.3 is 0 Å². The van der Waals surface area contributed by atoms with Gasteiger partial charge in [-0.05, 0) is 12.2 Å². The zero-order valence-electron chi connectivity index (χ0n) is 5.87. The summed E-state index contributed by atoms with van der Waals surface area (Å²) in [4.78, 5) is 21.6. The number of nitriles is 2. The van der Waals surface area contributed by atoms with Crippen LogP contribution in [0.5, 0.6) is 0 Å². The smallest absolute Gasteiger partial charge is 0.244 e. The number of ketones is 2.